The molecule has 0 amide bonds. The fraction of sp³-hybridized carbons (Fsp3) is 0.455. The van der Waals surface area contributed by atoms with Crippen molar-refractivity contribution in [1.82, 2.24) is 0 Å². The molecule has 1 N–H and O–H groups in total. The van der Waals surface area contributed by atoms with E-state index in [1.54, 1.807) is 0 Å². The maximum atomic E-state index is 9.23. The van der Waals surface area contributed by atoms with Gasteiger partial charge in [-0.3, -0.25) is 0 Å². The molecule has 0 saturated carbocycles. The quantitative estimate of drug-likeness (QED) is 0.901. The van der Waals surface area contributed by atoms with Gasteiger partial charge < -0.3 is 10.0 Å². The Hall–Kier alpha value is -0.540. The van der Waals surface area contributed by atoms with Crippen molar-refractivity contribution in [2.45, 2.75) is 26.5 Å². The van der Waals surface area contributed by atoms with Gasteiger partial charge in [-0.15, -0.1) is 0 Å². The van der Waals surface area contributed by atoms with E-state index in [0.717, 1.165) is 15.7 Å². The molecule has 0 aliphatic carbocycles. The molecule has 2 nitrogen and oxygen atoms in total. The van der Waals surface area contributed by atoms with Gasteiger partial charge in [-0.2, -0.15) is 0 Å². The molecule has 14 heavy (non-hydrogen) atoms. The van der Waals surface area contributed by atoms with Gasteiger partial charge in [-0.1, -0.05) is 15.9 Å². The van der Waals surface area contributed by atoms with E-state index in [9.17, 15) is 5.11 Å². The number of rotatable bonds is 3. The normalized spacial score (nSPS) is 10.7. The van der Waals surface area contributed by atoms with Gasteiger partial charge in [-0.05, 0) is 32.0 Å². The molecule has 1 aromatic rings. The summed E-state index contributed by atoms with van der Waals surface area (Å²) in [5.41, 5.74) is 2.04. The van der Waals surface area contributed by atoms with Crippen LogP contribution in [-0.4, -0.2) is 18.2 Å². The zero-order valence-corrected chi connectivity index (χ0v) is 10.4. The third kappa shape index (κ3) is 2.49. The van der Waals surface area contributed by atoms with Crippen molar-refractivity contribution in [1.29, 1.82) is 0 Å². The summed E-state index contributed by atoms with van der Waals surface area (Å²) in [4.78, 5) is 2.15. The van der Waals surface area contributed by atoms with Gasteiger partial charge in [0.1, 0.15) is 0 Å². The largest absolute Gasteiger partial charge is 0.392 e. The standard InChI is InChI=1S/C11H16BrNO/c1-8(2)13(3)11-5-4-10(12)6-9(11)7-14/h4-6,8,14H,7H2,1-3H3. The number of benzene rings is 1. The smallest absolute Gasteiger partial charge is 0.0702 e. The molecule has 1 rings (SSSR count). The predicted molar refractivity (Wildman–Crippen MR) is 63.6 cm³/mol. The zero-order valence-electron chi connectivity index (χ0n) is 8.79. The third-order valence-corrected chi connectivity index (χ3v) is 2.86. The summed E-state index contributed by atoms with van der Waals surface area (Å²) in [6.45, 7) is 4.33. The summed E-state index contributed by atoms with van der Waals surface area (Å²) in [5.74, 6) is 0. The van der Waals surface area contributed by atoms with Gasteiger partial charge in [0.05, 0.1) is 6.61 Å². The van der Waals surface area contributed by atoms with E-state index in [1.807, 2.05) is 25.2 Å². The second-order valence-electron chi connectivity index (χ2n) is 3.64. The first-order valence-electron chi connectivity index (χ1n) is 4.68. The molecule has 0 unspecified atom stereocenters. The number of anilines is 1. The number of nitrogens with zero attached hydrogens (tertiary/aromatic N) is 1. The second-order valence-corrected chi connectivity index (χ2v) is 4.55. The van der Waals surface area contributed by atoms with Crippen molar-refractivity contribution in [3.05, 3.63) is 28.2 Å². The first-order valence-corrected chi connectivity index (χ1v) is 5.47. The summed E-state index contributed by atoms with van der Waals surface area (Å²) in [6, 6.07) is 6.40. The van der Waals surface area contributed by atoms with Crippen molar-refractivity contribution in [2.75, 3.05) is 11.9 Å². The average Bonchev–Trinajstić information content (AvgIpc) is 2.16. The molecular formula is C11H16BrNO. The second kappa shape index (κ2) is 4.80. The van der Waals surface area contributed by atoms with Crippen molar-refractivity contribution in [3.63, 3.8) is 0 Å². The molecule has 0 atom stereocenters. The van der Waals surface area contributed by atoms with E-state index in [-0.39, 0.29) is 6.61 Å². The van der Waals surface area contributed by atoms with Crippen molar-refractivity contribution >= 4 is 21.6 Å². The molecule has 1 aromatic carbocycles. The predicted octanol–water partition coefficient (Wildman–Crippen LogP) is 2.79. The lowest BCUT2D eigenvalue weighted by Gasteiger charge is -2.26. The maximum absolute atomic E-state index is 9.23. The van der Waals surface area contributed by atoms with E-state index in [4.69, 9.17) is 0 Å². The number of aliphatic hydroxyl groups excluding tert-OH is 1. The van der Waals surface area contributed by atoms with Gasteiger partial charge in [0.15, 0.2) is 0 Å². The minimum absolute atomic E-state index is 0.0752. The zero-order chi connectivity index (χ0) is 10.7. The SMILES string of the molecule is CC(C)N(C)c1ccc(Br)cc1CO. The number of halogens is 1. The summed E-state index contributed by atoms with van der Waals surface area (Å²) < 4.78 is 1.00. The number of hydrogen-bond acceptors (Lipinski definition) is 2. The van der Waals surface area contributed by atoms with E-state index in [1.165, 1.54) is 0 Å². The first kappa shape index (κ1) is 11.5. The van der Waals surface area contributed by atoms with Crippen molar-refractivity contribution < 1.29 is 5.11 Å². The van der Waals surface area contributed by atoms with E-state index in [2.05, 4.69) is 34.7 Å². The molecule has 0 aromatic heterocycles. The average molecular weight is 258 g/mol. The Labute approximate surface area is 93.7 Å². The van der Waals surface area contributed by atoms with Crippen LogP contribution < -0.4 is 4.90 Å². The van der Waals surface area contributed by atoms with Crippen LogP contribution in [0.2, 0.25) is 0 Å². The molecule has 0 heterocycles. The minimum Gasteiger partial charge on any atom is -0.392 e. The molecule has 78 valence electrons. The Bertz CT molecular complexity index is 312. The van der Waals surface area contributed by atoms with Crippen LogP contribution in [0.1, 0.15) is 19.4 Å². The lowest BCUT2D eigenvalue weighted by molar-refractivity contribution is 0.282. The Morgan fingerprint density at radius 1 is 1.43 bits per heavy atom. The Balaban J connectivity index is 3.07. The van der Waals surface area contributed by atoms with E-state index >= 15 is 0 Å². The van der Waals surface area contributed by atoms with Crippen LogP contribution in [0.4, 0.5) is 5.69 Å². The molecule has 0 bridgehead atoms. The summed E-state index contributed by atoms with van der Waals surface area (Å²) in [7, 11) is 2.03. The van der Waals surface area contributed by atoms with Gasteiger partial charge in [0.2, 0.25) is 0 Å². The first-order chi connectivity index (χ1) is 6.56. The molecule has 3 heteroatoms. The van der Waals surface area contributed by atoms with Crippen LogP contribution in [0.15, 0.2) is 22.7 Å². The highest BCUT2D eigenvalue weighted by Gasteiger charge is 2.09. The summed E-state index contributed by atoms with van der Waals surface area (Å²) >= 11 is 3.39. The maximum Gasteiger partial charge on any atom is 0.0702 e. The fourth-order valence-corrected chi connectivity index (χ4v) is 1.71. The van der Waals surface area contributed by atoms with Crippen LogP contribution in [0, 0.1) is 0 Å². The van der Waals surface area contributed by atoms with Crippen LogP contribution in [0.25, 0.3) is 0 Å². The Morgan fingerprint density at radius 3 is 2.57 bits per heavy atom. The molecule has 0 aliphatic rings. The highest BCUT2D eigenvalue weighted by Crippen LogP contribution is 2.25. The van der Waals surface area contributed by atoms with Gasteiger partial charge in [0.25, 0.3) is 0 Å². The van der Waals surface area contributed by atoms with Crippen LogP contribution in [-0.2, 0) is 6.61 Å². The van der Waals surface area contributed by atoms with E-state index in [0.29, 0.717) is 6.04 Å². The molecule has 0 radical (unpaired) electrons. The molecule has 0 fully saturated rings. The third-order valence-electron chi connectivity index (χ3n) is 2.37. The highest BCUT2D eigenvalue weighted by molar-refractivity contribution is 9.10. The van der Waals surface area contributed by atoms with Crippen LogP contribution in [0.3, 0.4) is 0 Å². The van der Waals surface area contributed by atoms with Gasteiger partial charge in [0, 0.05) is 28.8 Å². The lowest BCUT2D eigenvalue weighted by Crippen LogP contribution is -2.26. The van der Waals surface area contributed by atoms with E-state index < -0.39 is 0 Å². The van der Waals surface area contributed by atoms with Gasteiger partial charge in [-0.25, -0.2) is 0 Å². The Morgan fingerprint density at radius 2 is 2.07 bits per heavy atom. The molecule has 0 saturated heterocycles. The fourth-order valence-electron chi connectivity index (χ4n) is 1.30. The van der Waals surface area contributed by atoms with Crippen molar-refractivity contribution in [3.8, 4) is 0 Å². The topological polar surface area (TPSA) is 23.5 Å². The molecule has 0 spiro atoms. The van der Waals surface area contributed by atoms with Gasteiger partial charge >= 0.3 is 0 Å². The number of hydrogen-bond donors (Lipinski definition) is 1. The van der Waals surface area contributed by atoms with Crippen LogP contribution in [0.5, 0.6) is 0 Å². The van der Waals surface area contributed by atoms with Crippen molar-refractivity contribution in [2.24, 2.45) is 0 Å². The highest BCUT2D eigenvalue weighted by atomic mass is 79.9. The molecule has 0 aliphatic heterocycles. The summed E-state index contributed by atoms with van der Waals surface area (Å²) in [6.07, 6.45) is 0. The Kier molecular flexibility index (Phi) is 3.96. The number of aliphatic hydroxyl groups is 1. The summed E-state index contributed by atoms with van der Waals surface area (Å²) in [5, 5.41) is 9.23. The lowest BCUT2D eigenvalue weighted by atomic mass is 10.1. The minimum atomic E-state index is 0.0752. The van der Waals surface area contributed by atoms with Crippen LogP contribution >= 0.6 is 15.9 Å². The monoisotopic (exact) mass is 257 g/mol. The molecular weight excluding hydrogens is 242 g/mol.